The van der Waals surface area contributed by atoms with E-state index in [0.29, 0.717) is 25.3 Å². The highest BCUT2D eigenvalue weighted by Crippen LogP contribution is 2.18. The van der Waals surface area contributed by atoms with Crippen LogP contribution in [0.3, 0.4) is 0 Å². The van der Waals surface area contributed by atoms with Gasteiger partial charge in [0.15, 0.2) is 0 Å². The molecule has 0 bridgehead atoms. The average Bonchev–Trinajstić information content (AvgIpc) is 2.77. The number of amides is 2. The Morgan fingerprint density at radius 2 is 1.75 bits per heavy atom. The molecule has 0 radical (unpaired) electrons. The molecular weight excluding hydrogens is 406 g/mol. The zero-order chi connectivity index (χ0) is 23.0. The van der Waals surface area contributed by atoms with Crippen LogP contribution in [-0.4, -0.2) is 78.9 Å². The molecule has 0 aliphatic carbocycles. The first-order valence-electron chi connectivity index (χ1n) is 11.9. The van der Waals surface area contributed by atoms with Crippen molar-refractivity contribution in [2.24, 2.45) is 0 Å². The third-order valence-corrected chi connectivity index (χ3v) is 6.13. The zero-order valence-corrected chi connectivity index (χ0v) is 19.8. The summed E-state index contributed by atoms with van der Waals surface area (Å²) in [6, 6.07) is 10.5. The van der Waals surface area contributed by atoms with Gasteiger partial charge in [-0.05, 0) is 52.0 Å². The van der Waals surface area contributed by atoms with Crippen LogP contribution < -0.4 is 5.32 Å². The molecule has 7 heteroatoms. The van der Waals surface area contributed by atoms with Crippen molar-refractivity contribution < 1.29 is 19.1 Å². The van der Waals surface area contributed by atoms with E-state index in [1.807, 2.05) is 56.0 Å². The molecular formula is C25H39N3O4. The summed E-state index contributed by atoms with van der Waals surface area (Å²) >= 11 is 0. The third-order valence-electron chi connectivity index (χ3n) is 6.13. The minimum atomic E-state index is -0.554. The van der Waals surface area contributed by atoms with Crippen molar-refractivity contribution >= 4 is 12.0 Å². The Kier molecular flexibility index (Phi) is 8.93. The maximum atomic E-state index is 12.9. The van der Waals surface area contributed by atoms with E-state index in [4.69, 9.17) is 9.47 Å². The van der Waals surface area contributed by atoms with Crippen molar-refractivity contribution in [2.45, 2.75) is 70.6 Å². The normalized spacial score (nSPS) is 19.4. The van der Waals surface area contributed by atoms with Crippen LogP contribution in [0.5, 0.6) is 0 Å². The number of benzene rings is 1. The van der Waals surface area contributed by atoms with E-state index >= 15 is 0 Å². The second kappa shape index (κ2) is 11.7. The molecule has 1 unspecified atom stereocenters. The number of hydrogen-bond acceptors (Lipinski definition) is 5. The summed E-state index contributed by atoms with van der Waals surface area (Å²) in [6.45, 7) is 10.7. The molecule has 2 saturated heterocycles. The van der Waals surface area contributed by atoms with Gasteiger partial charge in [0.25, 0.3) is 0 Å². The van der Waals surface area contributed by atoms with Gasteiger partial charge >= 0.3 is 6.09 Å². The molecule has 2 aliphatic rings. The van der Waals surface area contributed by atoms with Gasteiger partial charge in [-0.1, -0.05) is 30.3 Å². The number of alkyl carbamates (subject to hydrolysis) is 1. The van der Waals surface area contributed by atoms with E-state index in [1.54, 1.807) is 0 Å². The van der Waals surface area contributed by atoms with Gasteiger partial charge < -0.3 is 19.7 Å². The van der Waals surface area contributed by atoms with E-state index in [9.17, 15) is 9.59 Å². The number of ether oxygens (including phenoxy) is 2. The number of carbonyl (C=O) groups is 2. The Morgan fingerprint density at radius 3 is 2.38 bits per heavy atom. The summed E-state index contributed by atoms with van der Waals surface area (Å²) in [6.07, 6.45) is 3.43. The van der Waals surface area contributed by atoms with E-state index < -0.39 is 11.7 Å². The molecule has 2 aliphatic heterocycles. The lowest BCUT2D eigenvalue weighted by atomic mass is 10.0. The minimum Gasteiger partial charge on any atom is -0.444 e. The fraction of sp³-hybridized carbons (Fsp3) is 0.680. The van der Waals surface area contributed by atoms with Crippen molar-refractivity contribution in [1.29, 1.82) is 0 Å². The van der Waals surface area contributed by atoms with Crippen molar-refractivity contribution in [3.05, 3.63) is 35.9 Å². The second-order valence-corrected chi connectivity index (χ2v) is 9.83. The Hall–Kier alpha value is -2.12. The van der Waals surface area contributed by atoms with Crippen LogP contribution in [-0.2, 0) is 20.7 Å². The highest BCUT2D eigenvalue weighted by molar-refractivity contribution is 5.76. The number of rotatable bonds is 7. The number of carbonyl (C=O) groups excluding carboxylic acids is 2. The number of nitrogens with zero attached hydrogens (tertiary/aromatic N) is 2. The summed E-state index contributed by atoms with van der Waals surface area (Å²) in [5, 5.41) is 2.98. The van der Waals surface area contributed by atoms with Crippen LogP contribution in [0, 0.1) is 0 Å². The predicted molar refractivity (Wildman–Crippen MR) is 125 cm³/mol. The molecule has 1 atom stereocenters. The third kappa shape index (κ3) is 8.10. The number of hydrogen-bond donors (Lipinski definition) is 1. The molecule has 7 nitrogen and oxygen atoms in total. The molecule has 178 valence electrons. The lowest BCUT2D eigenvalue weighted by Gasteiger charge is -2.40. The molecule has 2 heterocycles. The van der Waals surface area contributed by atoms with E-state index in [-0.39, 0.29) is 11.9 Å². The van der Waals surface area contributed by atoms with Crippen LogP contribution in [0.2, 0.25) is 0 Å². The molecule has 0 aromatic heterocycles. The summed E-state index contributed by atoms with van der Waals surface area (Å²) in [5.41, 5.74) is 0.576. The first kappa shape index (κ1) is 24.5. The molecule has 32 heavy (non-hydrogen) atoms. The molecule has 2 amide bonds. The van der Waals surface area contributed by atoms with Gasteiger partial charge in [-0.2, -0.15) is 0 Å². The van der Waals surface area contributed by atoms with Crippen molar-refractivity contribution in [1.82, 2.24) is 15.1 Å². The lowest BCUT2D eigenvalue weighted by Crippen LogP contribution is -2.53. The Labute approximate surface area is 192 Å². The van der Waals surface area contributed by atoms with Gasteiger partial charge in [0.05, 0.1) is 0 Å². The van der Waals surface area contributed by atoms with E-state index in [2.05, 4.69) is 10.2 Å². The SMILES string of the molecule is CC(C)(C)OC(=O)NC(CCC(=O)N1CCN(C2CCOCC2)CC1)Cc1ccccc1. The maximum absolute atomic E-state index is 12.9. The van der Waals surface area contributed by atoms with Crippen molar-refractivity contribution in [3.8, 4) is 0 Å². The Balaban J connectivity index is 1.49. The van der Waals surface area contributed by atoms with Gasteiger partial charge in [0.1, 0.15) is 5.60 Å². The molecule has 1 aromatic carbocycles. The molecule has 2 fully saturated rings. The van der Waals surface area contributed by atoms with Crippen molar-refractivity contribution in [2.75, 3.05) is 39.4 Å². The second-order valence-electron chi connectivity index (χ2n) is 9.83. The fourth-order valence-electron chi connectivity index (χ4n) is 4.44. The minimum absolute atomic E-state index is 0.153. The van der Waals surface area contributed by atoms with Crippen LogP contribution in [0.1, 0.15) is 52.0 Å². The zero-order valence-electron chi connectivity index (χ0n) is 19.8. The Morgan fingerprint density at radius 1 is 1.09 bits per heavy atom. The summed E-state index contributed by atoms with van der Waals surface area (Å²) in [5.74, 6) is 0.167. The fourth-order valence-corrected chi connectivity index (χ4v) is 4.44. The summed E-state index contributed by atoms with van der Waals surface area (Å²) in [7, 11) is 0. The first-order chi connectivity index (χ1) is 15.3. The highest BCUT2D eigenvalue weighted by Gasteiger charge is 2.28. The van der Waals surface area contributed by atoms with E-state index in [1.165, 1.54) is 0 Å². The number of piperazine rings is 1. The highest BCUT2D eigenvalue weighted by atomic mass is 16.6. The summed E-state index contributed by atoms with van der Waals surface area (Å²) < 4.78 is 10.9. The Bertz CT molecular complexity index is 720. The predicted octanol–water partition coefficient (Wildman–Crippen LogP) is 3.23. The van der Waals surface area contributed by atoms with Crippen LogP contribution in [0.25, 0.3) is 0 Å². The quantitative estimate of drug-likeness (QED) is 0.698. The average molecular weight is 446 g/mol. The molecule has 0 spiro atoms. The lowest BCUT2D eigenvalue weighted by molar-refractivity contribution is -0.133. The topological polar surface area (TPSA) is 71.1 Å². The maximum Gasteiger partial charge on any atom is 0.407 e. The van der Waals surface area contributed by atoms with Crippen LogP contribution in [0.15, 0.2) is 30.3 Å². The van der Waals surface area contributed by atoms with Crippen LogP contribution >= 0.6 is 0 Å². The molecule has 3 rings (SSSR count). The monoisotopic (exact) mass is 445 g/mol. The van der Waals surface area contributed by atoms with Crippen molar-refractivity contribution in [3.63, 3.8) is 0 Å². The first-order valence-corrected chi connectivity index (χ1v) is 11.9. The van der Waals surface area contributed by atoms with Gasteiger partial charge in [0.2, 0.25) is 5.91 Å². The van der Waals surface area contributed by atoms with Gasteiger partial charge in [-0.25, -0.2) is 4.79 Å². The number of nitrogens with one attached hydrogen (secondary N) is 1. The molecule has 1 aromatic rings. The standard InChI is InChI=1S/C25H39N3O4/c1-25(2,3)32-24(30)26-21(19-20-7-5-4-6-8-20)9-10-23(29)28-15-13-27(14-16-28)22-11-17-31-18-12-22/h4-8,21-22H,9-19H2,1-3H3,(H,26,30). The van der Waals surface area contributed by atoms with Gasteiger partial charge in [0, 0.05) is 57.9 Å². The van der Waals surface area contributed by atoms with E-state index in [0.717, 1.165) is 57.8 Å². The van der Waals surface area contributed by atoms with Gasteiger partial charge in [-0.15, -0.1) is 0 Å². The smallest absolute Gasteiger partial charge is 0.407 e. The van der Waals surface area contributed by atoms with Crippen LogP contribution in [0.4, 0.5) is 4.79 Å². The molecule has 0 saturated carbocycles. The largest absolute Gasteiger partial charge is 0.444 e. The van der Waals surface area contributed by atoms with Gasteiger partial charge in [-0.3, -0.25) is 9.69 Å². The molecule has 1 N–H and O–H groups in total. The summed E-state index contributed by atoms with van der Waals surface area (Å²) in [4.78, 5) is 29.7.